The molecule has 4 bridgehead atoms. The van der Waals surface area contributed by atoms with Crippen LogP contribution in [-0.2, 0) is 52.2 Å². The van der Waals surface area contributed by atoms with Gasteiger partial charge in [0.2, 0.25) is 12.1 Å². The Morgan fingerprint density at radius 2 is 1.76 bits per heavy atom. The number of hydrogen-bond acceptors (Lipinski definition) is 20. The zero-order chi connectivity index (χ0) is 61.0. The largest absolute Gasteiger partial charge is 0.507 e. The van der Waals surface area contributed by atoms with Gasteiger partial charge in [0.25, 0.3) is 0 Å². The number of aryl methyl sites for hydroxylation is 1. The molecule has 5 aliphatic carbocycles. The minimum Gasteiger partial charge on any atom is -0.507 e. The number of aliphatic hydroxyl groups excluding tert-OH is 3. The molecule has 2 aliphatic heterocycles. The average Bonchev–Trinajstić information content (AvgIpc) is 0.881. The highest BCUT2D eigenvalue weighted by Gasteiger charge is 2.57. The molecule has 1 saturated heterocycles. The highest BCUT2D eigenvalue weighted by atomic mass is 16.7. The Kier molecular flexibility index (Phi) is 17.2. The van der Waals surface area contributed by atoms with Crippen LogP contribution in [0.5, 0.6) is 17.2 Å². The van der Waals surface area contributed by atoms with E-state index in [2.05, 4.69) is 27.5 Å². The van der Waals surface area contributed by atoms with Gasteiger partial charge in [-0.25, -0.2) is 4.99 Å². The highest BCUT2D eigenvalue weighted by Crippen LogP contribution is 2.55. The Labute approximate surface area is 499 Å². The topological polar surface area (TPSA) is 335 Å². The lowest BCUT2D eigenvalue weighted by Crippen LogP contribution is -2.68. The number of guanidine groups is 1. The van der Waals surface area contributed by atoms with Crippen LogP contribution < -0.4 is 31.6 Å². The van der Waals surface area contributed by atoms with Crippen LogP contribution in [0.15, 0.2) is 47.5 Å². The lowest BCUT2D eigenvalue weighted by molar-refractivity contribution is -0.379. The van der Waals surface area contributed by atoms with E-state index >= 15 is 9.59 Å². The van der Waals surface area contributed by atoms with Crippen molar-refractivity contribution < 1.29 is 73.9 Å². The molecule has 10 atom stereocenters. The molecule has 86 heavy (non-hydrogen) atoms. The van der Waals surface area contributed by atoms with E-state index in [0.717, 1.165) is 50.2 Å². The molecule has 0 radical (unpaired) electrons. The van der Waals surface area contributed by atoms with Gasteiger partial charge in [-0.05, 0) is 142 Å². The number of aromatic hydroxyl groups is 1. The first kappa shape index (κ1) is 60.8. The van der Waals surface area contributed by atoms with E-state index in [1.807, 2.05) is 25.2 Å². The van der Waals surface area contributed by atoms with E-state index < -0.39 is 108 Å². The molecule has 0 aromatic heterocycles. The first-order valence-electron chi connectivity index (χ1n) is 30.0. The van der Waals surface area contributed by atoms with E-state index in [1.165, 1.54) is 19.1 Å². The molecule has 3 fully saturated rings. The number of hydrogen-bond donors (Lipinski definition) is 11. The number of aliphatic hydroxyl groups is 6. The molecule has 0 amide bonds. The number of nitrogens with two attached hydrogens (primary N) is 2. The summed E-state index contributed by atoms with van der Waals surface area (Å²) in [7, 11) is 1.85. The van der Waals surface area contributed by atoms with Gasteiger partial charge in [-0.3, -0.25) is 19.2 Å². The van der Waals surface area contributed by atoms with Crippen molar-refractivity contribution in [1.82, 2.24) is 10.6 Å². The molecular weight excluding hydrogens is 1100 g/mol. The number of aliphatic imine (C=N–C) groups is 1. The normalized spacial score (nSPS) is 28.5. The summed E-state index contributed by atoms with van der Waals surface area (Å²) in [6.45, 7) is 2.08. The smallest absolute Gasteiger partial charge is 0.308 e. The van der Waals surface area contributed by atoms with Gasteiger partial charge < -0.3 is 76.8 Å². The standard InChI is InChI=1S/C66H77N5O15/c1-34-60(79)66(81,82)61(83-33-44-29-64(71-63(68)70-44)21-5-4-6-22-64)62(84-34)86-59-47-12-8-11-43(67)18-19-45(75)25-37-10-7-9-36(23-37)13-20-46-50(85-35(2)74)27-41(31-72)51-52(46)58(78)53(47)54(57(51)77)56(76)48(59)26-40-15-14-39-16-17-42-24-38(30-69-3)28-65(42,80)55(39)49(40)32-73/h7,9-10,13-15,20,23,27,32,34,38,42-45,60-62,69,72,75-76,79-82H,4-6,12,16-19,21-22,24-26,28-31,33,67H2,1-3H3,(H3,68,70,71)/b20-13+/t34-,38+,42+,43-,44+,45+,60+,61-,62+,65+/m0/s1. The van der Waals surface area contributed by atoms with Crippen LogP contribution in [0, 0.1) is 23.7 Å². The van der Waals surface area contributed by atoms with Gasteiger partial charge in [0.15, 0.2) is 29.9 Å². The fourth-order valence-corrected chi connectivity index (χ4v) is 14.9. The molecular formula is C66H77N5O15. The molecule has 2 saturated carbocycles. The van der Waals surface area contributed by atoms with Crippen molar-refractivity contribution >= 4 is 41.9 Å². The van der Waals surface area contributed by atoms with Crippen molar-refractivity contribution in [2.24, 2.45) is 28.3 Å². The minimum atomic E-state index is -3.11. The van der Waals surface area contributed by atoms with Gasteiger partial charge in [0.05, 0.1) is 48.7 Å². The molecule has 7 aliphatic rings. The second-order valence-electron chi connectivity index (χ2n) is 24.7. The molecule has 11 rings (SSSR count). The second kappa shape index (κ2) is 24.4. The van der Waals surface area contributed by atoms with Crippen LogP contribution in [0.4, 0.5) is 0 Å². The number of phenolic OH excluding ortho intramolecular Hbond substituents is 1. The molecule has 1 spiro atoms. The second-order valence-corrected chi connectivity index (χ2v) is 24.7. The number of aldehydes is 1. The third-order valence-corrected chi connectivity index (χ3v) is 18.8. The quantitative estimate of drug-likeness (QED) is 0.0276. The van der Waals surface area contributed by atoms with Gasteiger partial charge in [0, 0.05) is 64.2 Å². The average molecular weight is 1180 g/mol. The summed E-state index contributed by atoms with van der Waals surface area (Å²) in [6, 6.07) is 10.6. The van der Waals surface area contributed by atoms with Crippen molar-refractivity contribution in [3.63, 3.8) is 0 Å². The molecule has 2 heterocycles. The van der Waals surface area contributed by atoms with Gasteiger partial charge in [-0.2, -0.15) is 0 Å². The molecule has 13 N–H and O–H groups in total. The number of ether oxygens (including phenoxy) is 4. The SMILES string of the molecule is CNC[C@@H]1C[C@H]2CCc3ccc(Cc4c(O)c5c6c(c4O[C@H]4O[C@@H](C)[C@@H](O)C(O)(O)[C@H]4OC[C@H]4CC7(CCCCC7)NC(N)=N4)CC#C[C@H](N)CC[C@@H](O)Cc4cccc(c4)/C=C/c4c(OC(C)=O)cc(CO)c(c4C6=O)C5=O)c(C=O)c3[C@@]2(O)C1. The maximum Gasteiger partial charge on any atom is 0.308 e. The number of phenols is 1. The summed E-state index contributed by atoms with van der Waals surface area (Å²) >= 11 is 0. The van der Waals surface area contributed by atoms with Crippen LogP contribution in [-0.4, -0.2) is 140 Å². The summed E-state index contributed by atoms with van der Waals surface area (Å²) in [5.74, 6) is -0.791. The summed E-state index contributed by atoms with van der Waals surface area (Å²) in [5, 5.41) is 90.7. The lowest BCUT2D eigenvalue weighted by atomic mass is 9.70. The van der Waals surface area contributed by atoms with Crippen molar-refractivity contribution in [3.8, 4) is 29.1 Å². The zero-order valence-corrected chi connectivity index (χ0v) is 48.7. The fourth-order valence-electron chi connectivity index (χ4n) is 14.9. The third-order valence-electron chi connectivity index (χ3n) is 18.8. The number of benzene rings is 4. The molecule has 4 aromatic carbocycles. The van der Waals surface area contributed by atoms with Crippen molar-refractivity contribution in [2.75, 3.05) is 20.2 Å². The van der Waals surface area contributed by atoms with E-state index in [-0.39, 0.29) is 105 Å². The Balaban J connectivity index is 1.14. The number of carbonyl (C=O) groups is 4. The Morgan fingerprint density at radius 3 is 2.50 bits per heavy atom. The van der Waals surface area contributed by atoms with E-state index in [1.54, 1.807) is 24.3 Å². The number of nitrogens with zero attached hydrogens (tertiary/aromatic N) is 1. The Bertz CT molecular complexity index is 3490. The molecule has 20 nitrogen and oxygen atoms in total. The summed E-state index contributed by atoms with van der Waals surface area (Å²) in [6.07, 6.45) is 3.07. The predicted molar refractivity (Wildman–Crippen MR) is 316 cm³/mol. The van der Waals surface area contributed by atoms with Gasteiger partial charge >= 0.3 is 5.97 Å². The first-order valence-corrected chi connectivity index (χ1v) is 30.0. The Hall–Kier alpha value is -6.87. The number of rotatable bonds is 12. The number of fused-ring (bicyclic) bond motifs is 5. The van der Waals surface area contributed by atoms with E-state index in [0.29, 0.717) is 56.1 Å². The molecule has 0 unspecified atom stereocenters. The maximum absolute atomic E-state index is 16.2. The van der Waals surface area contributed by atoms with Crippen molar-refractivity contribution in [2.45, 2.75) is 176 Å². The summed E-state index contributed by atoms with van der Waals surface area (Å²) < 4.78 is 25.5. The maximum atomic E-state index is 16.2. The summed E-state index contributed by atoms with van der Waals surface area (Å²) in [5.41, 5.74) is 12.3. The number of carbonyl (C=O) groups excluding carboxylic acids is 4. The van der Waals surface area contributed by atoms with Gasteiger partial charge in [-0.15, -0.1) is 0 Å². The Morgan fingerprint density at radius 1 is 0.977 bits per heavy atom. The van der Waals surface area contributed by atoms with Crippen LogP contribution in [0.1, 0.15) is 177 Å². The monoisotopic (exact) mass is 1180 g/mol. The fraction of sp³-hybridized carbons (Fsp3) is 0.500. The van der Waals surface area contributed by atoms with Crippen LogP contribution in [0.2, 0.25) is 0 Å². The number of ketones is 2. The van der Waals surface area contributed by atoms with Crippen molar-refractivity contribution in [1.29, 1.82) is 0 Å². The first-order chi connectivity index (χ1) is 41.2. The van der Waals surface area contributed by atoms with E-state index in [9.17, 15) is 45.3 Å². The highest BCUT2D eigenvalue weighted by molar-refractivity contribution is 6.32. The predicted octanol–water partition coefficient (Wildman–Crippen LogP) is 4.04. The number of esters is 1. The van der Waals surface area contributed by atoms with Crippen LogP contribution in [0.3, 0.4) is 0 Å². The molecule has 20 heteroatoms. The van der Waals surface area contributed by atoms with Gasteiger partial charge in [0.1, 0.15) is 23.4 Å². The number of nitrogens with one attached hydrogen (secondary N) is 2. The molecule has 456 valence electrons. The minimum absolute atomic E-state index is 0.0358. The van der Waals surface area contributed by atoms with Crippen LogP contribution in [0.25, 0.3) is 12.2 Å². The van der Waals surface area contributed by atoms with Crippen LogP contribution >= 0.6 is 0 Å². The summed E-state index contributed by atoms with van der Waals surface area (Å²) in [4.78, 5) is 63.4. The third kappa shape index (κ3) is 11.4. The van der Waals surface area contributed by atoms with E-state index in [4.69, 9.17) is 30.4 Å². The lowest BCUT2D eigenvalue weighted by Gasteiger charge is -2.47. The molecule has 4 aromatic rings. The van der Waals surface area contributed by atoms with Gasteiger partial charge in [-0.1, -0.05) is 73.6 Å². The van der Waals surface area contributed by atoms with Crippen molar-refractivity contribution in [3.05, 3.63) is 120 Å². The zero-order valence-electron chi connectivity index (χ0n) is 48.7.